The Bertz CT molecular complexity index is 1320. The van der Waals surface area contributed by atoms with Crippen LogP contribution in [0.3, 0.4) is 0 Å². The van der Waals surface area contributed by atoms with Crippen LogP contribution in [0.1, 0.15) is 139 Å². The molecule has 0 aliphatic heterocycles. The van der Waals surface area contributed by atoms with E-state index in [0.717, 1.165) is 36.3 Å². The largest absolute Gasteiger partial charge is 0.255 e. The zero-order valence-electron chi connectivity index (χ0n) is 29.0. The maximum Gasteiger partial charge on any atom is 0.0642 e. The van der Waals surface area contributed by atoms with Gasteiger partial charge in [-0.25, -0.2) is 0 Å². The zero-order chi connectivity index (χ0) is 31.6. The Hall–Kier alpha value is -3.00. The minimum absolute atomic E-state index is 0.849. The first-order valence-corrected chi connectivity index (χ1v) is 17.9. The molecule has 2 nitrogen and oxygen atoms in total. The first-order chi connectivity index (χ1) is 21.5. The van der Waals surface area contributed by atoms with Crippen LogP contribution in [0.4, 0.5) is 11.4 Å². The van der Waals surface area contributed by atoms with Crippen LogP contribution in [0.15, 0.2) is 64.6 Å². The van der Waals surface area contributed by atoms with Gasteiger partial charge in [-0.05, 0) is 122 Å². The number of aliphatic imine (C=N–C) groups is 2. The van der Waals surface area contributed by atoms with Crippen molar-refractivity contribution in [1.29, 1.82) is 0 Å². The van der Waals surface area contributed by atoms with E-state index in [9.17, 15) is 0 Å². The molecular weight excluding hydrogens is 532 g/mol. The smallest absolute Gasteiger partial charge is 0.0642 e. The highest BCUT2D eigenvalue weighted by molar-refractivity contribution is 6.31. The second-order valence-electron chi connectivity index (χ2n) is 12.7. The molecule has 0 aromatic heterocycles. The number of unbranched alkanes of at least 4 members (excludes halogenated alkanes) is 9. The van der Waals surface area contributed by atoms with E-state index in [2.05, 4.69) is 96.1 Å². The lowest BCUT2D eigenvalue weighted by Crippen LogP contribution is -2.00. The van der Waals surface area contributed by atoms with Gasteiger partial charge in [0.25, 0.3) is 0 Å². The topological polar surface area (TPSA) is 24.7 Å². The molecule has 3 aromatic rings. The molecular formula is C42H60N2. The summed E-state index contributed by atoms with van der Waals surface area (Å²) in [5, 5.41) is 0. The molecule has 0 radical (unpaired) electrons. The van der Waals surface area contributed by atoms with Crippen molar-refractivity contribution in [1.82, 2.24) is 0 Å². The summed E-state index contributed by atoms with van der Waals surface area (Å²) in [5.74, 6) is 0. The summed E-state index contributed by atoms with van der Waals surface area (Å²) in [6, 6.07) is 20.0. The highest BCUT2D eigenvalue weighted by atomic mass is 14.8. The summed E-state index contributed by atoms with van der Waals surface area (Å²) in [6.45, 7) is 13.6. The fourth-order valence-corrected chi connectivity index (χ4v) is 6.23. The maximum atomic E-state index is 5.18. The Morgan fingerprint density at radius 3 is 1.91 bits per heavy atom. The van der Waals surface area contributed by atoms with E-state index in [1.807, 2.05) is 6.21 Å². The predicted molar refractivity (Wildman–Crippen MR) is 197 cm³/mol. The van der Waals surface area contributed by atoms with Crippen LogP contribution in [0.2, 0.25) is 0 Å². The molecule has 0 fully saturated rings. The summed E-state index contributed by atoms with van der Waals surface area (Å²) in [7, 11) is 0. The van der Waals surface area contributed by atoms with Crippen molar-refractivity contribution >= 4 is 23.3 Å². The van der Waals surface area contributed by atoms with Gasteiger partial charge in [0.05, 0.1) is 17.1 Å². The minimum atomic E-state index is 0.849. The number of hydrogen-bond acceptors (Lipinski definition) is 2. The zero-order valence-corrected chi connectivity index (χ0v) is 29.0. The Kier molecular flexibility index (Phi) is 16.2. The Morgan fingerprint density at radius 1 is 0.614 bits per heavy atom. The molecule has 0 bridgehead atoms. The number of rotatable bonds is 20. The van der Waals surface area contributed by atoms with Crippen LogP contribution < -0.4 is 0 Å². The van der Waals surface area contributed by atoms with Crippen LogP contribution in [0.5, 0.6) is 0 Å². The van der Waals surface area contributed by atoms with Gasteiger partial charge in [0.15, 0.2) is 0 Å². The van der Waals surface area contributed by atoms with Crippen LogP contribution in [0.25, 0.3) is 11.1 Å². The molecule has 0 N–H and O–H groups in total. The molecule has 0 amide bonds. The summed E-state index contributed by atoms with van der Waals surface area (Å²) in [4.78, 5) is 10.2. The van der Waals surface area contributed by atoms with Gasteiger partial charge < -0.3 is 0 Å². The molecule has 0 atom stereocenters. The molecule has 0 aliphatic carbocycles. The van der Waals surface area contributed by atoms with E-state index in [1.54, 1.807) is 5.56 Å². The Labute approximate surface area is 270 Å². The molecule has 0 aliphatic rings. The summed E-state index contributed by atoms with van der Waals surface area (Å²) in [6.07, 6.45) is 21.9. The number of hydrogen-bond donors (Lipinski definition) is 0. The van der Waals surface area contributed by atoms with Crippen molar-refractivity contribution in [2.45, 2.75) is 144 Å². The van der Waals surface area contributed by atoms with Crippen molar-refractivity contribution < 1.29 is 0 Å². The third kappa shape index (κ3) is 11.5. The molecule has 3 aromatic carbocycles. The number of nitrogens with zero attached hydrogens (tertiary/aromatic N) is 2. The summed E-state index contributed by atoms with van der Waals surface area (Å²) < 4.78 is 0. The lowest BCUT2D eigenvalue weighted by Gasteiger charge is -2.15. The first kappa shape index (κ1) is 35.5. The van der Waals surface area contributed by atoms with E-state index < -0.39 is 0 Å². The Balaban J connectivity index is 1.88. The van der Waals surface area contributed by atoms with Crippen molar-refractivity contribution in [2.75, 3.05) is 0 Å². The van der Waals surface area contributed by atoms with E-state index in [0.29, 0.717) is 0 Å². The van der Waals surface area contributed by atoms with E-state index >= 15 is 0 Å². The lowest BCUT2D eigenvalue weighted by molar-refractivity contribution is 0.606. The molecule has 44 heavy (non-hydrogen) atoms. The van der Waals surface area contributed by atoms with E-state index in [4.69, 9.17) is 9.98 Å². The van der Waals surface area contributed by atoms with Crippen LogP contribution in [-0.2, 0) is 19.3 Å². The van der Waals surface area contributed by atoms with Crippen molar-refractivity contribution in [2.24, 2.45) is 9.98 Å². The van der Waals surface area contributed by atoms with Crippen molar-refractivity contribution in [3.63, 3.8) is 0 Å². The fraction of sp³-hybridized carbons (Fsp3) is 0.524. The van der Waals surface area contributed by atoms with E-state index in [-0.39, 0.29) is 0 Å². The third-order valence-corrected chi connectivity index (χ3v) is 9.01. The first-order valence-electron chi connectivity index (χ1n) is 17.9. The molecule has 2 heteroatoms. The standard InChI is InChI=1S/C42H60N2/c1-7-11-14-16-17-20-26-37-30-39(28-33(5)41(37)27-13-9-3)43-32-38(10-4)44-40-29-36(25-19-15-12-8-2)34(6)42(31-40)35-23-21-18-22-24-35/h18,21-24,28-32H,7-17,19-20,25-27H2,1-6H3. The van der Waals surface area contributed by atoms with Gasteiger partial charge >= 0.3 is 0 Å². The van der Waals surface area contributed by atoms with Gasteiger partial charge in [-0.3, -0.25) is 9.98 Å². The summed E-state index contributed by atoms with van der Waals surface area (Å²) in [5.41, 5.74) is 13.0. The van der Waals surface area contributed by atoms with Gasteiger partial charge in [0, 0.05) is 6.21 Å². The minimum Gasteiger partial charge on any atom is -0.255 e. The number of benzene rings is 3. The second kappa shape index (κ2) is 20.1. The average Bonchev–Trinajstić information content (AvgIpc) is 3.04. The lowest BCUT2D eigenvalue weighted by atomic mass is 9.92. The van der Waals surface area contributed by atoms with Crippen molar-refractivity contribution in [3.05, 3.63) is 82.4 Å². The molecule has 238 valence electrons. The highest BCUT2D eigenvalue weighted by Crippen LogP contribution is 2.32. The highest BCUT2D eigenvalue weighted by Gasteiger charge is 2.11. The van der Waals surface area contributed by atoms with Crippen molar-refractivity contribution in [3.8, 4) is 11.1 Å². The van der Waals surface area contributed by atoms with Gasteiger partial charge in [-0.1, -0.05) is 116 Å². The maximum absolute atomic E-state index is 5.18. The van der Waals surface area contributed by atoms with E-state index in [1.165, 1.54) is 117 Å². The van der Waals surface area contributed by atoms with Gasteiger partial charge in [-0.15, -0.1) is 0 Å². The second-order valence-corrected chi connectivity index (χ2v) is 12.7. The molecule has 0 unspecified atom stereocenters. The number of aryl methyl sites for hydroxylation is 3. The normalized spacial score (nSPS) is 12.0. The molecule has 0 spiro atoms. The molecule has 0 saturated heterocycles. The van der Waals surface area contributed by atoms with Gasteiger partial charge in [0.1, 0.15) is 0 Å². The summed E-state index contributed by atoms with van der Waals surface area (Å²) >= 11 is 0. The Morgan fingerprint density at radius 2 is 1.23 bits per heavy atom. The molecule has 0 saturated carbocycles. The molecule has 3 rings (SSSR count). The quantitative estimate of drug-likeness (QED) is 0.0921. The fourth-order valence-electron chi connectivity index (χ4n) is 6.23. The van der Waals surface area contributed by atoms with Gasteiger partial charge in [-0.2, -0.15) is 0 Å². The average molecular weight is 593 g/mol. The predicted octanol–water partition coefficient (Wildman–Crippen LogP) is 13.2. The van der Waals surface area contributed by atoms with Gasteiger partial charge in [0.2, 0.25) is 0 Å². The third-order valence-electron chi connectivity index (χ3n) is 9.01. The van der Waals surface area contributed by atoms with Crippen LogP contribution in [-0.4, -0.2) is 11.9 Å². The SMILES string of the molecule is CCCCCCCCc1cc(N=CC(CC)=Nc2cc(CCCCCC)c(C)c(-c3ccccc3)c2)cc(C)c1CCCC. The molecule has 0 heterocycles. The monoisotopic (exact) mass is 592 g/mol. The van der Waals surface area contributed by atoms with Crippen LogP contribution >= 0.6 is 0 Å². The van der Waals surface area contributed by atoms with Crippen LogP contribution in [0, 0.1) is 13.8 Å².